The monoisotopic (exact) mass is 266 g/mol. The van der Waals surface area contributed by atoms with E-state index in [9.17, 15) is 0 Å². The highest BCUT2D eigenvalue weighted by molar-refractivity contribution is 5.01. The molecular formula is C15H26N2O2. The predicted octanol–water partition coefficient (Wildman–Crippen LogP) is 2.26. The van der Waals surface area contributed by atoms with E-state index in [2.05, 4.69) is 30.1 Å². The van der Waals surface area contributed by atoms with Gasteiger partial charge in [0.15, 0.2) is 0 Å². The molecule has 1 aromatic heterocycles. The minimum Gasteiger partial charge on any atom is -0.468 e. The van der Waals surface area contributed by atoms with Crippen LogP contribution in [0.5, 0.6) is 0 Å². The van der Waals surface area contributed by atoms with Gasteiger partial charge < -0.3 is 14.5 Å². The van der Waals surface area contributed by atoms with E-state index >= 15 is 0 Å². The lowest BCUT2D eigenvalue weighted by Gasteiger charge is -2.31. The van der Waals surface area contributed by atoms with Crippen LogP contribution < -0.4 is 5.32 Å². The Balaban J connectivity index is 1.96. The molecule has 1 heterocycles. The van der Waals surface area contributed by atoms with Gasteiger partial charge in [0, 0.05) is 31.8 Å². The maximum absolute atomic E-state index is 5.49. The fourth-order valence-corrected chi connectivity index (χ4v) is 2.38. The molecule has 19 heavy (non-hydrogen) atoms. The molecule has 1 fully saturated rings. The summed E-state index contributed by atoms with van der Waals surface area (Å²) in [5, 5.41) is 3.52. The molecule has 2 rings (SSSR count). The van der Waals surface area contributed by atoms with Gasteiger partial charge in [0.1, 0.15) is 5.76 Å². The summed E-state index contributed by atoms with van der Waals surface area (Å²) in [6, 6.07) is 5.61. The summed E-state index contributed by atoms with van der Waals surface area (Å²) in [7, 11) is 1.78. The minimum absolute atomic E-state index is 0.407. The number of rotatable bonds is 9. The van der Waals surface area contributed by atoms with E-state index in [-0.39, 0.29) is 0 Å². The Morgan fingerprint density at radius 3 is 2.79 bits per heavy atom. The maximum Gasteiger partial charge on any atom is 0.117 e. The Hall–Kier alpha value is -0.840. The third kappa shape index (κ3) is 4.64. The van der Waals surface area contributed by atoms with E-state index in [0.717, 1.165) is 25.5 Å². The van der Waals surface area contributed by atoms with Crippen molar-refractivity contribution < 1.29 is 9.15 Å². The van der Waals surface area contributed by atoms with Gasteiger partial charge in [-0.05, 0) is 25.0 Å². The van der Waals surface area contributed by atoms with Gasteiger partial charge in [0.2, 0.25) is 0 Å². The van der Waals surface area contributed by atoms with Gasteiger partial charge in [0.25, 0.3) is 0 Å². The molecular weight excluding hydrogens is 240 g/mol. The predicted molar refractivity (Wildman–Crippen MR) is 76.1 cm³/mol. The molecule has 1 aliphatic carbocycles. The zero-order chi connectivity index (χ0) is 13.7. The minimum atomic E-state index is 0.407. The molecule has 0 aliphatic heterocycles. The number of hydrogen-bond acceptors (Lipinski definition) is 4. The van der Waals surface area contributed by atoms with E-state index in [1.165, 1.54) is 12.8 Å². The van der Waals surface area contributed by atoms with Gasteiger partial charge >= 0.3 is 0 Å². The van der Waals surface area contributed by atoms with Gasteiger partial charge in [-0.3, -0.25) is 4.90 Å². The highest BCUT2D eigenvalue weighted by Gasteiger charge is 2.34. The van der Waals surface area contributed by atoms with Crippen molar-refractivity contribution in [3.8, 4) is 0 Å². The van der Waals surface area contributed by atoms with Crippen molar-refractivity contribution >= 4 is 0 Å². The quantitative estimate of drug-likeness (QED) is 0.744. The molecule has 0 aromatic carbocycles. The van der Waals surface area contributed by atoms with E-state index in [1.54, 1.807) is 13.4 Å². The Morgan fingerprint density at radius 1 is 1.47 bits per heavy atom. The van der Waals surface area contributed by atoms with E-state index in [1.807, 2.05) is 6.07 Å². The summed E-state index contributed by atoms with van der Waals surface area (Å²) in [5.41, 5.74) is 0. The molecule has 0 spiro atoms. The molecule has 4 heteroatoms. The summed E-state index contributed by atoms with van der Waals surface area (Å²) in [5.74, 6) is 1.04. The van der Waals surface area contributed by atoms with Crippen LogP contribution in [0.25, 0.3) is 0 Å². The number of nitrogens with one attached hydrogen (secondary N) is 1. The van der Waals surface area contributed by atoms with E-state index in [0.29, 0.717) is 18.1 Å². The van der Waals surface area contributed by atoms with Gasteiger partial charge in [-0.2, -0.15) is 0 Å². The normalized spacial score (nSPS) is 17.3. The average molecular weight is 266 g/mol. The van der Waals surface area contributed by atoms with Crippen molar-refractivity contribution in [3.63, 3.8) is 0 Å². The van der Waals surface area contributed by atoms with Crippen LogP contribution in [0, 0.1) is 0 Å². The second-order valence-electron chi connectivity index (χ2n) is 5.65. The SMILES string of the molecule is COCC(CNC(C)C)N(Cc1ccco1)C1CC1. The largest absolute Gasteiger partial charge is 0.468 e. The van der Waals surface area contributed by atoms with Crippen LogP contribution in [0.2, 0.25) is 0 Å². The Morgan fingerprint density at radius 2 is 2.26 bits per heavy atom. The second kappa shape index (κ2) is 7.08. The highest BCUT2D eigenvalue weighted by Crippen LogP contribution is 2.30. The van der Waals surface area contributed by atoms with Crippen LogP contribution in [-0.4, -0.2) is 43.3 Å². The number of methoxy groups -OCH3 is 1. The Bertz CT molecular complexity index is 347. The van der Waals surface area contributed by atoms with Crippen molar-refractivity contribution in [1.82, 2.24) is 10.2 Å². The summed E-state index contributed by atoms with van der Waals surface area (Å²) in [4.78, 5) is 2.53. The number of furan rings is 1. The topological polar surface area (TPSA) is 37.6 Å². The molecule has 1 aliphatic rings. The molecule has 108 valence electrons. The van der Waals surface area contributed by atoms with Crippen LogP contribution in [-0.2, 0) is 11.3 Å². The summed E-state index contributed by atoms with van der Waals surface area (Å²) in [6.45, 7) is 6.96. The lowest BCUT2D eigenvalue weighted by molar-refractivity contribution is 0.0732. The second-order valence-corrected chi connectivity index (χ2v) is 5.65. The zero-order valence-corrected chi connectivity index (χ0v) is 12.3. The standard InChI is InChI=1S/C15H26N2O2/c1-12(2)16-9-14(11-18-3)17(13-6-7-13)10-15-5-4-8-19-15/h4-5,8,12-14,16H,6-7,9-11H2,1-3H3. The van der Waals surface area contributed by atoms with Gasteiger partial charge in [-0.15, -0.1) is 0 Å². The van der Waals surface area contributed by atoms with Crippen LogP contribution in [0.15, 0.2) is 22.8 Å². The van der Waals surface area contributed by atoms with Crippen LogP contribution in [0.1, 0.15) is 32.4 Å². The van der Waals surface area contributed by atoms with E-state index in [4.69, 9.17) is 9.15 Å². The van der Waals surface area contributed by atoms with Crippen LogP contribution >= 0.6 is 0 Å². The number of ether oxygens (including phenoxy) is 1. The first-order valence-electron chi connectivity index (χ1n) is 7.21. The van der Waals surface area contributed by atoms with Crippen LogP contribution in [0.4, 0.5) is 0 Å². The van der Waals surface area contributed by atoms with Crippen molar-refractivity contribution in [1.29, 1.82) is 0 Å². The lowest BCUT2D eigenvalue weighted by Crippen LogP contribution is -2.47. The molecule has 0 radical (unpaired) electrons. The molecule has 4 nitrogen and oxygen atoms in total. The average Bonchev–Trinajstić information content (AvgIpc) is 3.09. The summed E-state index contributed by atoms with van der Waals surface area (Å²) in [6.07, 6.45) is 4.34. The van der Waals surface area contributed by atoms with Gasteiger partial charge in [-0.25, -0.2) is 0 Å². The molecule has 1 aromatic rings. The number of nitrogens with zero attached hydrogens (tertiary/aromatic N) is 1. The molecule has 1 N–H and O–H groups in total. The molecule has 0 saturated heterocycles. The zero-order valence-electron chi connectivity index (χ0n) is 12.3. The van der Waals surface area contributed by atoms with Gasteiger partial charge in [0.05, 0.1) is 19.4 Å². The van der Waals surface area contributed by atoms with Crippen molar-refractivity contribution in [2.75, 3.05) is 20.3 Å². The molecule has 1 unspecified atom stereocenters. The first-order valence-corrected chi connectivity index (χ1v) is 7.21. The fourth-order valence-electron chi connectivity index (χ4n) is 2.38. The lowest BCUT2D eigenvalue weighted by atomic mass is 10.2. The van der Waals surface area contributed by atoms with Crippen molar-refractivity contribution in [2.24, 2.45) is 0 Å². The maximum atomic E-state index is 5.49. The van der Waals surface area contributed by atoms with E-state index < -0.39 is 0 Å². The summed E-state index contributed by atoms with van der Waals surface area (Å²) >= 11 is 0. The van der Waals surface area contributed by atoms with Crippen LogP contribution in [0.3, 0.4) is 0 Å². The van der Waals surface area contributed by atoms with Crippen molar-refractivity contribution in [2.45, 2.75) is 51.4 Å². The fraction of sp³-hybridized carbons (Fsp3) is 0.733. The molecule has 1 saturated carbocycles. The Kier molecular flexibility index (Phi) is 5.43. The third-order valence-electron chi connectivity index (χ3n) is 3.52. The highest BCUT2D eigenvalue weighted by atomic mass is 16.5. The third-order valence-corrected chi connectivity index (χ3v) is 3.52. The van der Waals surface area contributed by atoms with Crippen molar-refractivity contribution in [3.05, 3.63) is 24.2 Å². The number of hydrogen-bond donors (Lipinski definition) is 1. The summed E-state index contributed by atoms with van der Waals surface area (Å²) < 4.78 is 10.9. The first kappa shape index (κ1) is 14.6. The van der Waals surface area contributed by atoms with Gasteiger partial charge in [-0.1, -0.05) is 13.8 Å². The first-order chi connectivity index (χ1) is 9.20. The molecule has 0 amide bonds. The smallest absolute Gasteiger partial charge is 0.117 e. The molecule has 0 bridgehead atoms. The Labute approximate surface area is 116 Å². The molecule has 1 atom stereocenters.